The molecule has 0 bridgehead atoms. The van der Waals surface area contributed by atoms with Crippen LogP contribution in [0.15, 0.2) is 40.9 Å². The maximum Gasteiger partial charge on any atom is 0.165 e. The molecule has 0 aliphatic carbocycles. The highest BCUT2D eigenvalue weighted by Crippen LogP contribution is 2.33. The number of fused-ring (bicyclic) bond motifs is 1. The number of halogens is 2. The summed E-state index contributed by atoms with van der Waals surface area (Å²) in [7, 11) is 1.63. The summed E-state index contributed by atoms with van der Waals surface area (Å²) >= 11 is 9.81. The largest absolute Gasteiger partial charge is 0.496 e. The van der Waals surface area contributed by atoms with Crippen molar-refractivity contribution in [2.24, 2.45) is 0 Å². The van der Waals surface area contributed by atoms with Crippen molar-refractivity contribution >= 4 is 38.4 Å². The molecule has 0 fully saturated rings. The summed E-state index contributed by atoms with van der Waals surface area (Å²) in [5.41, 5.74) is 2.73. The first-order valence-corrected chi connectivity index (χ1v) is 7.54. The fourth-order valence-corrected chi connectivity index (χ4v) is 2.88. The summed E-state index contributed by atoms with van der Waals surface area (Å²) < 4.78 is 6.29. The van der Waals surface area contributed by atoms with Crippen LogP contribution in [0.2, 0.25) is 5.15 Å². The van der Waals surface area contributed by atoms with Gasteiger partial charge in [0.1, 0.15) is 10.9 Å². The molecule has 21 heavy (non-hydrogen) atoms. The molecule has 0 saturated heterocycles. The van der Waals surface area contributed by atoms with Crippen molar-refractivity contribution in [1.29, 1.82) is 0 Å². The number of methoxy groups -OCH3 is 1. The Morgan fingerprint density at radius 2 is 1.95 bits per heavy atom. The fourth-order valence-electron chi connectivity index (χ4n) is 2.20. The van der Waals surface area contributed by atoms with E-state index in [4.69, 9.17) is 16.3 Å². The molecule has 3 rings (SSSR count). The van der Waals surface area contributed by atoms with Gasteiger partial charge in [-0.2, -0.15) is 0 Å². The number of aryl methyl sites for hydroxylation is 1. The first kappa shape index (κ1) is 14.3. The van der Waals surface area contributed by atoms with Gasteiger partial charge in [0.25, 0.3) is 0 Å². The molecule has 0 saturated carbocycles. The third-order valence-electron chi connectivity index (χ3n) is 3.23. The molecule has 0 radical (unpaired) electrons. The highest BCUT2D eigenvalue weighted by molar-refractivity contribution is 9.10. The first-order chi connectivity index (χ1) is 10.1. The van der Waals surface area contributed by atoms with Crippen LogP contribution in [0.4, 0.5) is 0 Å². The van der Waals surface area contributed by atoms with Gasteiger partial charge in [0.05, 0.1) is 18.2 Å². The normalized spacial score (nSPS) is 10.9. The van der Waals surface area contributed by atoms with Gasteiger partial charge in [0.2, 0.25) is 0 Å². The summed E-state index contributed by atoms with van der Waals surface area (Å²) in [5, 5.41) is 1.25. The molecule has 0 spiro atoms. The molecule has 0 aliphatic rings. The smallest absolute Gasteiger partial charge is 0.165 e. The highest BCUT2D eigenvalue weighted by atomic mass is 79.9. The lowest BCUT2D eigenvalue weighted by Gasteiger charge is -2.10. The van der Waals surface area contributed by atoms with Gasteiger partial charge >= 0.3 is 0 Å². The summed E-state index contributed by atoms with van der Waals surface area (Å²) in [5.74, 6) is 1.28. The maximum absolute atomic E-state index is 6.31. The molecule has 0 aliphatic heterocycles. The Kier molecular flexibility index (Phi) is 3.83. The van der Waals surface area contributed by atoms with Gasteiger partial charge in [-0.1, -0.05) is 29.3 Å². The first-order valence-electron chi connectivity index (χ1n) is 6.37. The SMILES string of the molecule is COc1ccc(C)cc1-c1nc(Cl)c2cccc(Br)c2n1. The van der Waals surface area contributed by atoms with Crippen molar-refractivity contribution in [1.82, 2.24) is 9.97 Å². The number of hydrogen-bond acceptors (Lipinski definition) is 3. The topological polar surface area (TPSA) is 35.0 Å². The van der Waals surface area contributed by atoms with Gasteiger partial charge in [0, 0.05) is 9.86 Å². The van der Waals surface area contributed by atoms with Gasteiger partial charge in [0.15, 0.2) is 5.82 Å². The minimum absolute atomic E-state index is 0.430. The van der Waals surface area contributed by atoms with E-state index in [1.54, 1.807) is 7.11 Å². The van der Waals surface area contributed by atoms with Gasteiger partial charge in [-0.3, -0.25) is 0 Å². The molecule has 1 heterocycles. The van der Waals surface area contributed by atoms with Crippen molar-refractivity contribution in [2.45, 2.75) is 6.92 Å². The Morgan fingerprint density at radius 3 is 2.71 bits per heavy atom. The van der Waals surface area contributed by atoms with Crippen LogP contribution in [-0.2, 0) is 0 Å². The van der Waals surface area contributed by atoms with E-state index >= 15 is 0 Å². The van der Waals surface area contributed by atoms with Crippen molar-refractivity contribution in [2.75, 3.05) is 7.11 Å². The second kappa shape index (κ2) is 5.62. The Bertz CT molecular complexity index is 836. The summed E-state index contributed by atoms with van der Waals surface area (Å²) in [6, 6.07) is 11.6. The van der Waals surface area contributed by atoms with Crippen LogP contribution in [0.25, 0.3) is 22.3 Å². The molecular formula is C16H12BrClN2O. The van der Waals surface area contributed by atoms with E-state index in [0.717, 1.165) is 32.3 Å². The predicted octanol–water partition coefficient (Wildman–Crippen LogP) is 5.03. The van der Waals surface area contributed by atoms with E-state index in [1.165, 1.54) is 0 Å². The van der Waals surface area contributed by atoms with E-state index in [0.29, 0.717) is 11.0 Å². The summed E-state index contributed by atoms with van der Waals surface area (Å²) in [4.78, 5) is 9.05. The average molecular weight is 364 g/mol. The van der Waals surface area contributed by atoms with Crippen LogP contribution < -0.4 is 4.74 Å². The zero-order valence-electron chi connectivity index (χ0n) is 11.5. The second-order valence-corrected chi connectivity index (χ2v) is 5.89. The van der Waals surface area contributed by atoms with Crippen molar-refractivity contribution in [3.8, 4) is 17.1 Å². The third-order valence-corrected chi connectivity index (χ3v) is 4.15. The number of aromatic nitrogens is 2. The quantitative estimate of drug-likeness (QED) is 0.599. The van der Waals surface area contributed by atoms with Crippen LogP contribution in [-0.4, -0.2) is 17.1 Å². The van der Waals surface area contributed by atoms with Crippen LogP contribution in [0.3, 0.4) is 0 Å². The number of nitrogens with zero attached hydrogens (tertiary/aromatic N) is 2. The van der Waals surface area contributed by atoms with E-state index in [2.05, 4.69) is 25.9 Å². The van der Waals surface area contributed by atoms with E-state index in [9.17, 15) is 0 Å². The molecular weight excluding hydrogens is 352 g/mol. The average Bonchev–Trinajstić information content (AvgIpc) is 2.48. The number of para-hydroxylation sites is 1. The minimum Gasteiger partial charge on any atom is -0.496 e. The van der Waals surface area contributed by atoms with Gasteiger partial charge in [-0.25, -0.2) is 9.97 Å². The Labute approximate surface area is 136 Å². The third kappa shape index (κ3) is 2.61. The van der Waals surface area contributed by atoms with Crippen molar-refractivity contribution < 1.29 is 4.74 Å². The van der Waals surface area contributed by atoms with Gasteiger partial charge in [-0.05, 0) is 47.1 Å². The molecule has 2 aromatic carbocycles. The van der Waals surface area contributed by atoms with Crippen LogP contribution in [0.5, 0.6) is 5.75 Å². The minimum atomic E-state index is 0.430. The van der Waals surface area contributed by atoms with E-state index in [-0.39, 0.29) is 0 Å². The second-order valence-electron chi connectivity index (χ2n) is 4.68. The Hall–Kier alpha value is -1.65. The van der Waals surface area contributed by atoms with Gasteiger partial charge in [-0.15, -0.1) is 0 Å². The lowest BCUT2D eigenvalue weighted by Crippen LogP contribution is -1.96. The zero-order valence-corrected chi connectivity index (χ0v) is 13.9. The Balaban J connectivity index is 2.31. The number of hydrogen-bond donors (Lipinski definition) is 0. The van der Waals surface area contributed by atoms with E-state index in [1.807, 2.05) is 43.3 Å². The molecule has 5 heteroatoms. The highest BCUT2D eigenvalue weighted by Gasteiger charge is 2.13. The van der Waals surface area contributed by atoms with Gasteiger partial charge < -0.3 is 4.74 Å². The van der Waals surface area contributed by atoms with E-state index < -0.39 is 0 Å². The standard InChI is InChI=1S/C16H12BrClN2O/c1-9-6-7-13(21-2)11(8-9)16-19-14-10(15(18)20-16)4-3-5-12(14)17/h3-8H,1-2H3. The molecule has 3 aromatic rings. The monoisotopic (exact) mass is 362 g/mol. The number of benzene rings is 2. The maximum atomic E-state index is 6.31. The predicted molar refractivity (Wildman–Crippen MR) is 89.0 cm³/mol. The molecule has 0 amide bonds. The number of ether oxygens (including phenoxy) is 1. The molecule has 0 atom stereocenters. The summed E-state index contributed by atoms with van der Waals surface area (Å²) in [6.45, 7) is 2.02. The molecule has 3 nitrogen and oxygen atoms in total. The molecule has 0 N–H and O–H groups in total. The van der Waals surface area contributed by atoms with Crippen LogP contribution >= 0.6 is 27.5 Å². The molecule has 1 aromatic heterocycles. The molecule has 0 unspecified atom stereocenters. The van der Waals surface area contributed by atoms with Crippen molar-refractivity contribution in [3.63, 3.8) is 0 Å². The number of rotatable bonds is 2. The fraction of sp³-hybridized carbons (Fsp3) is 0.125. The van der Waals surface area contributed by atoms with Crippen LogP contribution in [0.1, 0.15) is 5.56 Å². The zero-order chi connectivity index (χ0) is 15.0. The lowest BCUT2D eigenvalue weighted by molar-refractivity contribution is 0.416. The summed E-state index contributed by atoms with van der Waals surface area (Å²) in [6.07, 6.45) is 0. The van der Waals surface area contributed by atoms with Crippen LogP contribution in [0, 0.1) is 6.92 Å². The van der Waals surface area contributed by atoms with Crippen molar-refractivity contribution in [3.05, 3.63) is 51.6 Å². The Morgan fingerprint density at radius 1 is 1.14 bits per heavy atom. The lowest BCUT2D eigenvalue weighted by atomic mass is 10.1. The molecule has 106 valence electrons.